The van der Waals surface area contributed by atoms with Gasteiger partial charge in [0, 0.05) is 5.56 Å². The lowest BCUT2D eigenvalue weighted by Gasteiger charge is -2.18. The first kappa shape index (κ1) is 18.5. The molecule has 0 aliphatic rings. The number of aryl methyl sites for hydroxylation is 1. The third-order valence-electron chi connectivity index (χ3n) is 4.16. The van der Waals surface area contributed by atoms with E-state index in [-0.39, 0.29) is 5.69 Å². The summed E-state index contributed by atoms with van der Waals surface area (Å²) in [7, 11) is 0. The van der Waals surface area contributed by atoms with Gasteiger partial charge in [-0.1, -0.05) is 60.7 Å². The third kappa shape index (κ3) is 4.44. The van der Waals surface area contributed by atoms with Gasteiger partial charge in [0.15, 0.2) is 17.2 Å². The molecular weight excluding hydrogens is 342 g/mol. The van der Waals surface area contributed by atoms with Crippen molar-refractivity contribution in [1.29, 1.82) is 0 Å². The SMILES string of the molecule is Cc1nc(C(=O)O)c(C)c(OCc2ccccc2)c1OCc1ccccc1. The number of carbonyl (C=O) groups is 1. The van der Waals surface area contributed by atoms with E-state index in [1.165, 1.54) is 0 Å². The molecule has 0 aliphatic heterocycles. The van der Waals surface area contributed by atoms with Crippen molar-refractivity contribution in [2.75, 3.05) is 0 Å². The second-order valence-corrected chi connectivity index (χ2v) is 6.18. The Kier molecular flexibility index (Phi) is 5.71. The number of rotatable bonds is 7. The molecule has 3 aromatic rings. The lowest BCUT2D eigenvalue weighted by molar-refractivity contribution is 0.0688. The molecule has 1 aromatic heterocycles. The van der Waals surface area contributed by atoms with Crippen LogP contribution in [0.1, 0.15) is 32.9 Å². The second-order valence-electron chi connectivity index (χ2n) is 6.18. The van der Waals surface area contributed by atoms with Crippen molar-refractivity contribution >= 4 is 5.97 Å². The van der Waals surface area contributed by atoms with E-state index in [1.807, 2.05) is 60.7 Å². The molecule has 0 bridgehead atoms. The van der Waals surface area contributed by atoms with Crippen molar-refractivity contribution < 1.29 is 19.4 Å². The van der Waals surface area contributed by atoms with Gasteiger partial charge < -0.3 is 14.6 Å². The molecule has 3 rings (SSSR count). The number of nitrogens with zero attached hydrogens (tertiary/aromatic N) is 1. The highest BCUT2D eigenvalue weighted by molar-refractivity contribution is 5.88. The predicted octanol–water partition coefficient (Wildman–Crippen LogP) is 4.55. The van der Waals surface area contributed by atoms with Gasteiger partial charge in [-0.3, -0.25) is 0 Å². The number of hydrogen-bond acceptors (Lipinski definition) is 4. The van der Waals surface area contributed by atoms with Crippen LogP contribution in [0, 0.1) is 13.8 Å². The summed E-state index contributed by atoms with van der Waals surface area (Å²) >= 11 is 0. The van der Waals surface area contributed by atoms with Crippen molar-refractivity contribution in [3.8, 4) is 11.5 Å². The summed E-state index contributed by atoms with van der Waals surface area (Å²) in [4.78, 5) is 15.7. The summed E-state index contributed by atoms with van der Waals surface area (Å²) in [5, 5.41) is 9.44. The molecule has 1 heterocycles. The number of pyridine rings is 1. The minimum absolute atomic E-state index is 0.0253. The number of aromatic carboxylic acids is 1. The largest absolute Gasteiger partial charge is 0.485 e. The third-order valence-corrected chi connectivity index (χ3v) is 4.16. The van der Waals surface area contributed by atoms with Gasteiger partial charge in [0.2, 0.25) is 0 Å². The highest BCUT2D eigenvalue weighted by Gasteiger charge is 2.21. The van der Waals surface area contributed by atoms with Crippen LogP contribution < -0.4 is 9.47 Å². The molecule has 0 radical (unpaired) electrons. The van der Waals surface area contributed by atoms with Crippen molar-refractivity contribution in [2.45, 2.75) is 27.1 Å². The number of hydrogen-bond donors (Lipinski definition) is 1. The molecule has 0 amide bonds. The molecule has 0 spiro atoms. The molecule has 138 valence electrons. The fraction of sp³-hybridized carbons (Fsp3) is 0.182. The van der Waals surface area contributed by atoms with Crippen molar-refractivity contribution in [3.63, 3.8) is 0 Å². The first-order valence-electron chi connectivity index (χ1n) is 8.64. The van der Waals surface area contributed by atoms with Crippen molar-refractivity contribution in [3.05, 3.63) is 88.7 Å². The Balaban J connectivity index is 1.92. The number of benzene rings is 2. The van der Waals surface area contributed by atoms with Crippen LogP contribution in [-0.2, 0) is 13.2 Å². The van der Waals surface area contributed by atoms with Gasteiger partial charge >= 0.3 is 5.97 Å². The van der Waals surface area contributed by atoms with Gasteiger partial charge in [-0.05, 0) is 25.0 Å². The Bertz CT molecular complexity index is 924. The number of ether oxygens (including phenoxy) is 2. The molecule has 0 unspecified atom stereocenters. The highest BCUT2D eigenvalue weighted by Crippen LogP contribution is 2.36. The number of carboxylic acid groups (broad SMARTS) is 1. The monoisotopic (exact) mass is 363 g/mol. The number of aromatic nitrogens is 1. The lowest BCUT2D eigenvalue weighted by atomic mass is 10.1. The van der Waals surface area contributed by atoms with E-state index in [1.54, 1.807) is 13.8 Å². The zero-order chi connectivity index (χ0) is 19.2. The van der Waals surface area contributed by atoms with Gasteiger partial charge in [-0.15, -0.1) is 0 Å². The molecule has 0 aliphatic carbocycles. The molecule has 0 fully saturated rings. The summed E-state index contributed by atoms with van der Waals surface area (Å²) in [5.41, 5.74) is 2.90. The average molecular weight is 363 g/mol. The van der Waals surface area contributed by atoms with E-state index < -0.39 is 5.97 Å². The lowest BCUT2D eigenvalue weighted by Crippen LogP contribution is -2.11. The van der Waals surface area contributed by atoms with Gasteiger partial charge in [0.05, 0.1) is 5.69 Å². The molecule has 0 saturated heterocycles. The standard InChI is InChI=1S/C22H21NO4/c1-15-19(22(24)25)23-16(2)21(27-14-18-11-7-4-8-12-18)20(15)26-13-17-9-5-3-6-10-17/h3-12H,13-14H2,1-2H3,(H,24,25). The Morgan fingerprint density at radius 2 is 1.33 bits per heavy atom. The van der Waals surface area contributed by atoms with Crippen LogP contribution >= 0.6 is 0 Å². The fourth-order valence-electron chi connectivity index (χ4n) is 2.76. The van der Waals surface area contributed by atoms with Crippen molar-refractivity contribution in [2.24, 2.45) is 0 Å². The molecule has 1 N–H and O–H groups in total. The summed E-state index contributed by atoms with van der Waals surface area (Å²) in [6.45, 7) is 4.07. The Labute approximate surface area is 158 Å². The Hall–Kier alpha value is -3.34. The Morgan fingerprint density at radius 3 is 1.81 bits per heavy atom. The van der Waals surface area contributed by atoms with Crippen molar-refractivity contribution in [1.82, 2.24) is 4.98 Å². The summed E-state index contributed by atoms with van der Waals surface area (Å²) < 4.78 is 12.0. The van der Waals surface area contributed by atoms with E-state index in [9.17, 15) is 9.90 Å². The molecule has 0 saturated carbocycles. The maximum atomic E-state index is 11.5. The summed E-state index contributed by atoms with van der Waals surface area (Å²) in [6, 6.07) is 19.4. The average Bonchev–Trinajstić information content (AvgIpc) is 2.68. The van der Waals surface area contributed by atoms with Crippen LogP contribution in [0.5, 0.6) is 11.5 Å². The number of carboxylic acids is 1. The molecule has 0 atom stereocenters. The van der Waals surface area contributed by atoms with E-state index in [0.717, 1.165) is 11.1 Å². The molecule has 5 nitrogen and oxygen atoms in total. The zero-order valence-corrected chi connectivity index (χ0v) is 15.3. The van der Waals surface area contributed by atoms with Gasteiger partial charge in [-0.2, -0.15) is 0 Å². The second kappa shape index (κ2) is 8.36. The first-order valence-corrected chi connectivity index (χ1v) is 8.64. The minimum Gasteiger partial charge on any atom is -0.485 e. The first-order chi connectivity index (χ1) is 13.1. The maximum Gasteiger partial charge on any atom is 0.354 e. The molecule has 5 heteroatoms. The van der Waals surface area contributed by atoms with E-state index in [0.29, 0.717) is 36.0 Å². The highest BCUT2D eigenvalue weighted by atomic mass is 16.5. The van der Waals surface area contributed by atoms with Crippen LogP contribution in [0.15, 0.2) is 60.7 Å². The quantitative estimate of drug-likeness (QED) is 0.667. The van der Waals surface area contributed by atoms with E-state index in [4.69, 9.17) is 9.47 Å². The molecule has 2 aromatic carbocycles. The fourth-order valence-corrected chi connectivity index (χ4v) is 2.76. The van der Waals surface area contributed by atoms with Gasteiger partial charge in [0.1, 0.15) is 13.2 Å². The summed E-state index contributed by atoms with van der Waals surface area (Å²) in [6.07, 6.45) is 0. The minimum atomic E-state index is -1.09. The van der Waals surface area contributed by atoms with Gasteiger partial charge in [-0.25, -0.2) is 9.78 Å². The normalized spacial score (nSPS) is 10.4. The zero-order valence-electron chi connectivity index (χ0n) is 15.3. The van der Waals surface area contributed by atoms with Crippen LogP contribution in [0.3, 0.4) is 0 Å². The van der Waals surface area contributed by atoms with E-state index in [2.05, 4.69) is 4.98 Å². The maximum absolute atomic E-state index is 11.5. The van der Waals surface area contributed by atoms with Gasteiger partial charge in [0.25, 0.3) is 0 Å². The van der Waals surface area contributed by atoms with Crippen LogP contribution in [0.25, 0.3) is 0 Å². The van der Waals surface area contributed by atoms with Crippen LogP contribution in [-0.4, -0.2) is 16.1 Å². The van der Waals surface area contributed by atoms with E-state index >= 15 is 0 Å². The smallest absolute Gasteiger partial charge is 0.354 e. The van der Waals surface area contributed by atoms with Crippen LogP contribution in [0.2, 0.25) is 0 Å². The predicted molar refractivity (Wildman–Crippen MR) is 102 cm³/mol. The Morgan fingerprint density at radius 1 is 0.852 bits per heavy atom. The topological polar surface area (TPSA) is 68.7 Å². The van der Waals surface area contributed by atoms with Crippen LogP contribution in [0.4, 0.5) is 0 Å². The molecular formula is C22H21NO4. The molecule has 27 heavy (non-hydrogen) atoms. The summed E-state index contributed by atoms with van der Waals surface area (Å²) in [5.74, 6) is -0.202.